The Kier molecular flexibility index (Phi) is 7.94. The molecule has 0 radical (unpaired) electrons. The molecule has 1 fully saturated rings. The number of ether oxygens (including phenoxy) is 2. The van der Waals surface area contributed by atoms with Gasteiger partial charge in [-0.25, -0.2) is 8.42 Å². The Bertz CT molecular complexity index is 1010. The maximum atomic E-state index is 13.1. The van der Waals surface area contributed by atoms with Crippen molar-refractivity contribution in [3.8, 4) is 5.75 Å². The van der Waals surface area contributed by atoms with Crippen LogP contribution in [0.1, 0.15) is 30.1 Å². The van der Waals surface area contributed by atoms with E-state index in [4.69, 9.17) is 21.1 Å². The van der Waals surface area contributed by atoms with E-state index in [1.165, 1.54) is 22.5 Å². The van der Waals surface area contributed by atoms with Gasteiger partial charge in [-0.05, 0) is 61.2 Å². The molecule has 2 aromatic carbocycles. The van der Waals surface area contributed by atoms with Gasteiger partial charge in [0, 0.05) is 31.5 Å². The Morgan fingerprint density at radius 1 is 1.19 bits per heavy atom. The Morgan fingerprint density at radius 3 is 2.61 bits per heavy atom. The van der Waals surface area contributed by atoms with Crippen LogP contribution in [0.3, 0.4) is 0 Å². The summed E-state index contributed by atoms with van der Waals surface area (Å²) in [5.41, 5.74) is 0.779. The molecular formula is C22H27ClN2O5S. The second-order valence-electron chi connectivity index (χ2n) is 7.58. The summed E-state index contributed by atoms with van der Waals surface area (Å²) >= 11 is 6.21. The maximum absolute atomic E-state index is 13.1. The van der Waals surface area contributed by atoms with Crippen LogP contribution in [0.25, 0.3) is 0 Å². The van der Waals surface area contributed by atoms with Gasteiger partial charge in [0.25, 0.3) is 5.91 Å². The van der Waals surface area contributed by atoms with Crippen molar-refractivity contribution in [2.45, 2.75) is 24.7 Å². The molecule has 1 aliphatic heterocycles. The van der Waals surface area contributed by atoms with Crippen molar-refractivity contribution < 1.29 is 22.7 Å². The van der Waals surface area contributed by atoms with Crippen LogP contribution in [0.15, 0.2) is 47.4 Å². The van der Waals surface area contributed by atoms with Crippen molar-refractivity contribution in [1.29, 1.82) is 0 Å². The molecule has 0 aliphatic carbocycles. The van der Waals surface area contributed by atoms with Crippen LogP contribution in [0.4, 0.5) is 5.69 Å². The maximum Gasteiger partial charge on any atom is 0.255 e. The van der Waals surface area contributed by atoms with Crippen molar-refractivity contribution in [2.75, 3.05) is 38.7 Å². The predicted octanol–water partition coefficient (Wildman–Crippen LogP) is 4.04. The Labute approximate surface area is 188 Å². The fourth-order valence-corrected chi connectivity index (χ4v) is 5.53. The molecule has 31 heavy (non-hydrogen) atoms. The molecular weight excluding hydrogens is 440 g/mol. The number of amides is 1. The summed E-state index contributed by atoms with van der Waals surface area (Å²) < 4.78 is 38.1. The first kappa shape index (κ1) is 23.5. The first-order chi connectivity index (χ1) is 14.8. The third kappa shape index (κ3) is 5.98. The highest BCUT2D eigenvalue weighted by atomic mass is 35.5. The number of anilines is 1. The van der Waals surface area contributed by atoms with E-state index in [1.54, 1.807) is 31.4 Å². The molecule has 0 bridgehead atoms. The molecule has 0 saturated carbocycles. The minimum atomic E-state index is -3.78. The minimum absolute atomic E-state index is 0.0437. The van der Waals surface area contributed by atoms with Crippen molar-refractivity contribution >= 4 is 33.2 Å². The molecule has 1 heterocycles. The number of rotatable bonds is 8. The van der Waals surface area contributed by atoms with Crippen LogP contribution in [-0.2, 0) is 14.8 Å². The van der Waals surface area contributed by atoms with Gasteiger partial charge >= 0.3 is 0 Å². The van der Waals surface area contributed by atoms with Crippen LogP contribution < -0.4 is 10.1 Å². The van der Waals surface area contributed by atoms with Crippen LogP contribution in [0.2, 0.25) is 5.02 Å². The topological polar surface area (TPSA) is 84.9 Å². The van der Waals surface area contributed by atoms with E-state index in [0.717, 1.165) is 12.8 Å². The lowest BCUT2D eigenvalue weighted by Crippen LogP contribution is -2.39. The number of hydrogen-bond acceptors (Lipinski definition) is 5. The van der Waals surface area contributed by atoms with E-state index in [9.17, 15) is 13.2 Å². The summed E-state index contributed by atoms with van der Waals surface area (Å²) in [4.78, 5) is 12.7. The fraction of sp³-hybridized carbons (Fsp3) is 0.409. The molecule has 3 rings (SSSR count). The summed E-state index contributed by atoms with van der Waals surface area (Å²) in [6.07, 6.45) is 1.81. The van der Waals surface area contributed by atoms with Gasteiger partial charge in [0.05, 0.1) is 11.6 Å². The van der Waals surface area contributed by atoms with E-state index >= 15 is 0 Å². The second kappa shape index (κ2) is 10.5. The van der Waals surface area contributed by atoms with Crippen molar-refractivity contribution in [3.63, 3.8) is 0 Å². The lowest BCUT2D eigenvalue weighted by molar-refractivity contribution is 0.102. The molecule has 1 aliphatic rings. The van der Waals surface area contributed by atoms with Gasteiger partial charge < -0.3 is 14.8 Å². The van der Waals surface area contributed by atoms with E-state index < -0.39 is 15.9 Å². The number of hydrogen-bond donors (Lipinski definition) is 1. The van der Waals surface area contributed by atoms with E-state index in [-0.39, 0.29) is 21.4 Å². The molecule has 0 spiro atoms. The lowest BCUT2D eigenvalue weighted by atomic mass is 10.0. The fourth-order valence-electron chi connectivity index (χ4n) is 3.43. The monoisotopic (exact) mass is 466 g/mol. The first-order valence-corrected chi connectivity index (χ1v) is 12.0. The smallest absolute Gasteiger partial charge is 0.255 e. The molecule has 1 amide bonds. The largest absolute Gasteiger partial charge is 0.491 e. The number of carbonyl (C=O) groups is 1. The van der Waals surface area contributed by atoms with Crippen LogP contribution in [0, 0.1) is 5.92 Å². The van der Waals surface area contributed by atoms with Crippen molar-refractivity contribution in [3.05, 3.63) is 53.1 Å². The Balaban J connectivity index is 1.74. The highest BCUT2D eigenvalue weighted by Gasteiger charge is 2.30. The third-order valence-electron chi connectivity index (χ3n) is 5.10. The molecule has 1 N–H and O–H groups in total. The number of carbonyl (C=O) groups excluding carboxylic acids is 1. The highest BCUT2D eigenvalue weighted by molar-refractivity contribution is 7.89. The third-order valence-corrected chi connectivity index (χ3v) is 7.45. The van der Waals surface area contributed by atoms with E-state index in [0.29, 0.717) is 37.7 Å². The van der Waals surface area contributed by atoms with E-state index in [2.05, 4.69) is 5.32 Å². The summed E-state index contributed by atoms with van der Waals surface area (Å²) in [5, 5.41) is 2.87. The molecule has 0 aromatic heterocycles. The number of benzene rings is 2. The zero-order chi connectivity index (χ0) is 22.4. The van der Waals surface area contributed by atoms with Crippen LogP contribution >= 0.6 is 11.6 Å². The van der Waals surface area contributed by atoms with Gasteiger partial charge in [-0.2, -0.15) is 4.31 Å². The number of nitrogens with zero attached hydrogens (tertiary/aromatic N) is 1. The van der Waals surface area contributed by atoms with Gasteiger partial charge in [-0.15, -0.1) is 0 Å². The number of piperidine rings is 1. The number of nitrogens with one attached hydrogen (secondary N) is 1. The number of sulfonamides is 1. The lowest BCUT2D eigenvalue weighted by Gasteiger charge is -2.30. The molecule has 1 saturated heterocycles. The highest BCUT2D eigenvalue weighted by Crippen LogP contribution is 2.29. The first-order valence-electron chi connectivity index (χ1n) is 10.1. The van der Waals surface area contributed by atoms with Gasteiger partial charge in [-0.1, -0.05) is 18.5 Å². The van der Waals surface area contributed by atoms with Crippen molar-refractivity contribution in [1.82, 2.24) is 4.31 Å². The van der Waals surface area contributed by atoms with Crippen LogP contribution in [0.5, 0.6) is 5.75 Å². The predicted molar refractivity (Wildman–Crippen MR) is 120 cm³/mol. The molecule has 2 aromatic rings. The van der Waals surface area contributed by atoms with Crippen LogP contribution in [-0.4, -0.2) is 52.0 Å². The Hall–Kier alpha value is -2.13. The van der Waals surface area contributed by atoms with Gasteiger partial charge in [0.15, 0.2) is 0 Å². The molecule has 168 valence electrons. The van der Waals surface area contributed by atoms with E-state index in [1.807, 2.05) is 6.92 Å². The van der Waals surface area contributed by atoms with Gasteiger partial charge in [0.2, 0.25) is 10.0 Å². The SMILES string of the molecule is COCCOc1ccc(NC(=O)c2ccc(Cl)c(S(=O)(=O)N3CCCC(C)C3)c2)cc1. The average molecular weight is 467 g/mol. The quantitative estimate of drug-likeness (QED) is 0.593. The summed E-state index contributed by atoms with van der Waals surface area (Å²) in [6.45, 7) is 3.85. The normalized spacial score (nSPS) is 17.3. The molecule has 7 nitrogen and oxygen atoms in total. The minimum Gasteiger partial charge on any atom is -0.491 e. The average Bonchev–Trinajstić information content (AvgIpc) is 2.75. The van der Waals surface area contributed by atoms with Gasteiger partial charge in [-0.3, -0.25) is 4.79 Å². The molecule has 1 unspecified atom stereocenters. The zero-order valence-electron chi connectivity index (χ0n) is 17.6. The Morgan fingerprint density at radius 2 is 1.94 bits per heavy atom. The second-order valence-corrected chi connectivity index (χ2v) is 9.89. The summed E-state index contributed by atoms with van der Waals surface area (Å²) in [6, 6.07) is 11.2. The zero-order valence-corrected chi connectivity index (χ0v) is 19.2. The summed E-state index contributed by atoms with van der Waals surface area (Å²) in [5.74, 6) is 0.522. The van der Waals surface area contributed by atoms with Crippen molar-refractivity contribution in [2.24, 2.45) is 5.92 Å². The molecule has 1 atom stereocenters. The summed E-state index contributed by atoms with van der Waals surface area (Å²) in [7, 11) is -2.18. The standard InChI is InChI=1S/C22H27ClN2O5S/c1-16-4-3-11-25(15-16)31(27,28)21-14-17(5-10-20(21)23)22(26)24-18-6-8-19(9-7-18)30-13-12-29-2/h5-10,14,16H,3-4,11-13,15H2,1-2H3,(H,24,26). The number of halogens is 1. The molecule has 9 heteroatoms. The van der Waals surface area contributed by atoms with Gasteiger partial charge in [0.1, 0.15) is 17.3 Å². The number of methoxy groups -OCH3 is 1.